The lowest BCUT2D eigenvalue weighted by atomic mass is 10.1. The average Bonchev–Trinajstić information content (AvgIpc) is 2.33. The van der Waals surface area contributed by atoms with E-state index in [0.717, 1.165) is 12.1 Å². The first-order valence-corrected chi connectivity index (χ1v) is 6.56. The van der Waals surface area contributed by atoms with Crippen molar-refractivity contribution in [2.24, 2.45) is 0 Å². The minimum absolute atomic E-state index is 0.0797. The van der Waals surface area contributed by atoms with Crippen LogP contribution in [0.5, 0.6) is 0 Å². The van der Waals surface area contributed by atoms with E-state index in [9.17, 15) is 13.6 Å². The number of amides is 1. The molecule has 0 bridgehead atoms. The Bertz CT molecular complexity index is 671. The summed E-state index contributed by atoms with van der Waals surface area (Å²) in [5.41, 5.74) is 5.30. The van der Waals surface area contributed by atoms with Gasteiger partial charge in [-0.1, -0.05) is 27.5 Å². The van der Waals surface area contributed by atoms with Crippen molar-refractivity contribution in [2.45, 2.75) is 0 Å². The van der Waals surface area contributed by atoms with Crippen LogP contribution >= 0.6 is 27.5 Å². The molecular formula is C13H8BrClF2N2O. The molecule has 0 spiro atoms. The zero-order chi connectivity index (χ0) is 14.9. The van der Waals surface area contributed by atoms with E-state index in [0.29, 0.717) is 5.02 Å². The molecule has 7 heteroatoms. The van der Waals surface area contributed by atoms with Crippen LogP contribution in [-0.4, -0.2) is 5.91 Å². The van der Waals surface area contributed by atoms with E-state index in [1.54, 1.807) is 0 Å². The smallest absolute Gasteiger partial charge is 0.257 e. The van der Waals surface area contributed by atoms with Gasteiger partial charge in [-0.3, -0.25) is 4.79 Å². The molecule has 0 unspecified atom stereocenters. The Labute approximate surface area is 126 Å². The number of benzene rings is 2. The first kappa shape index (κ1) is 14.7. The molecule has 0 aromatic heterocycles. The predicted molar refractivity (Wildman–Crippen MR) is 77.9 cm³/mol. The molecule has 2 rings (SSSR count). The van der Waals surface area contributed by atoms with Crippen molar-refractivity contribution < 1.29 is 13.6 Å². The molecule has 0 fully saturated rings. The molecule has 0 aliphatic carbocycles. The van der Waals surface area contributed by atoms with Crippen LogP contribution < -0.4 is 11.1 Å². The molecule has 2 aromatic carbocycles. The largest absolute Gasteiger partial charge is 0.398 e. The topological polar surface area (TPSA) is 55.1 Å². The van der Waals surface area contributed by atoms with Gasteiger partial charge in [0.2, 0.25) is 0 Å². The van der Waals surface area contributed by atoms with E-state index in [2.05, 4.69) is 21.2 Å². The summed E-state index contributed by atoms with van der Waals surface area (Å²) >= 11 is 8.66. The van der Waals surface area contributed by atoms with Gasteiger partial charge in [-0.25, -0.2) is 8.78 Å². The van der Waals surface area contributed by atoms with Crippen LogP contribution in [-0.2, 0) is 0 Å². The normalized spacial score (nSPS) is 10.4. The molecule has 0 aliphatic heterocycles. The minimum atomic E-state index is -0.891. The lowest BCUT2D eigenvalue weighted by Crippen LogP contribution is -2.16. The maximum absolute atomic E-state index is 13.6. The van der Waals surface area contributed by atoms with Gasteiger partial charge in [-0.15, -0.1) is 0 Å². The summed E-state index contributed by atoms with van der Waals surface area (Å²) in [6.45, 7) is 0. The number of nitrogen functional groups attached to an aromatic ring is 1. The Kier molecular flexibility index (Phi) is 4.25. The van der Waals surface area contributed by atoms with Crippen molar-refractivity contribution in [2.75, 3.05) is 11.1 Å². The van der Waals surface area contributed by atoms with Gasteiger partial charge in [0.05, 0.1) is 5.56 Å². The second-order valence-corrected chi connectivity index (χ2v) is 5.28. The molecule has 3 N–H and O–H groups in total. The maximum atomic E-state index is 13.6. The van der Waals surface area contributed by atoms with Crippen molar-refractivity contribution in [3.05, 3.63) is 57.0 Å². The van der Waals surface area contributed by atoms with Crippen LogP contribution in [0.1, 0.15) is 10.4 Å². The van der Waals surface area contributed by atoms with E-state index in [-0.39, 0.29) is 15.7 Å². The molecule has 2 aromatic rings. The summed E-state index contributed by atoms with van der Waals surface area (Å²) in [5, 5.41) is 2.51. The fourth-order valence-electron chi connectivity index (χ4n) is 1.58. The fraction of sp³-hybridized carbons (Fsp3) is 0. The number of hydrogen-bond donors (Lipinski definition) is 2. The molecule has 1 amide bonds. The number of anilines is 2. The molecule has 0 atom stereocenters. The van der Waals surface area contributed by atoms with Crippen molar-refractivity contribution in [3.63, 3.8) is 0 Å². The van der Waals surface area contributed by atoms with Crippen LogP contribution in [0, 0.1) is 11.6 Å². The molecule has 0 radical (unpaired) electrons. The second kappa shape index (κ2) is 5.76. The summed E-state index contributed by atoms with van der Waals surface area (Å²) in [7, 11) is 0. The Balaban J connectivity index is 2.33. The number of nitrogens with two attached hydrogens (primary N) is 1. The first-order chi connectivity index (χ1) is 9.38. The van der Waals surface area contributed by atoms with Gasteiger partial charge >= 0.3 is 0 Å². The standard InChI is InChI=1S/C13H8BrClF2N2O/c14-6-3-9(16)12(10(17)4-6)19-13(20)8-2-1-7(15)5-11(8)18/h1-5H,18H2,(H,19,20). The summed E-state index contributed by atoms with van der Waals surface area (Å²) in [4.78, 5) is 12.0. The van der Waals surface area contributed by atoms with E-state index in [1.165, 1.54) is 18.2 Å². The van der Waals surface area contributed by atoms with Crippen molar-refractivity contribution in [3.8, 4) is 0 Å². The molecule has 0 aliphatic rings. The van der Waals surface area contributed by atoms with E-state index in [1.807, 2.05) is 0 Å². The zero-order valence-corrected chi connectivity index (χ0v) is 12.2. The van der Waals surface area contributed by atoms with Gasteiger partial charge in [-0.2, -0.15) is 0 Å². The fourth-order valence-corrected chi connectivity index (χ4v) is 2.17. The third-order valence-electron chi connectivity index (χ3n) is 2.50. The summed E-state index contributed by atoms with van der Waals surface area (Å²) in [5.74, 6) is -2.50. The van der Waals surface area contributed by atoms with Crippen LogP contribution in [0.25, 0.3) is 0 Å². The highest BCUT2D eigenvalue weighted by molar-refractivity contribution is 9.10. The molecule has 104 valence electrons. The number of rotatable bonds is 2. The number of nitrogens with one attached hydrogen (secondary N) is 1. The Morgan fingerprint density at radius 2 is 1.80 bits per heavy atom. The van der Waals surface area contributed by atoms with Gasteiger partial charge in [0.25, 0.3) is 5.91 Å². The minimum Gasteiger partial charge on any atom is -0.398 e. The number of carbonyl (C=O) groups is 1. The van der Waals surface area contributed by atoms with Crippen LogP contribution in [0.2, 0.25) is 5.02 Å². The van der Waals surface area contributed by atoms with Gasteiger partial charge in [0.1, 0.15) is 5.69 Å². The average molecular weight is 362 g/mol. The zero-order valence-electron chi connectivity index (χ0n) is 9.88. The number of halogens is 4. The highest BCUT2D eigenvalue weighted by Crippen LogP contribution is 2.25. The van der Waals surface area contributed by atoms with Crippen LogP contribution in [0.3, 0.4) is 0 Å². The third-order valence-corrected chi connectivity index (χ3v) is 3.20. The maximum Gasteiger partial charge on any atom is 0.257 e. The first-order valence-electron chi connectivity index (χ1n) is 5.39. The summed E-state index contributed by atoms with van der Waals surface area (Å²) in [6.07, 6.45) is 0. The highest BCUT2D eigenvalue weighted by atomic mass is 79.9. The molecule has 0 saturated carbocycles. The number of hydrogen-bond acceptors (Lipinski definition) is 2. The van der Waals surface area contributed by atoms with Gasteiger partial charge in [0.15, 0.2) is 11.6 Å². The lowest BCUT2D eigenvalue weighted by Gasteiger charge is -2.10. The highest BCUT2D eigenvalue weighted by Gasteiger charge is 2.16. The van der Waals surface area contributed by atoms with Crippen molar-refractivity contribution in [1.82, 2.24) is 0 Å². The third kappa shape index (κ3) is 3.08. The Hall–Kier alpha value is -1.66. The van der Waals surface area contributed by atoms with Crippen molar-refractivity contribution in [1.29, 1.82) is 0 Å². The summed E-state index contributed by atoms with van der Waals surface area (Å²) in [6, 6.07) is 6.31. The molecule has 3 nitrogen and oxygen atoms in total. The van der Waals surface area contributed by atoms with E-state index in [4.69, 9.17) is 17.3 Å². The summed E-state index contributed by atoms with van der Waals surface area (Å²) < 4.78 is 27.5. The van der Waals surface area contributed by atoms with Crippen molar-refractivity contribution >= 4 is 44.8 Å². The lowest BCUT2D eigenvalue weighted by molar-refractivity contribution is 0.102. The molecule has 20 heavy (non-hydrogen) atoms. The SMILES string of the molecule is Nc1cc(Cl)ccc1C(=O)Nc1c(F)cc(Br)cc1F. The Morgan fingerprint density at radius 3 is 2.35 bits per heavy atom. The quantitative estimate of drug-likeness (QED) is 0.787. The van der Waals surface area contributed by atoms with Crippen LogP contribution in [0.4, 0.5) is 20.2 Å². The molecule has 0 heterocycles. The molecular weight excluding hydrogens is 354 g/mol. The molecule has 0 saturated heterocycles. The number of carbonyl (C=O) groups excluding carboxylic acids is 1. The van der Waals surface area contributed by atoms with E-state index >= 15 is 0 Å². The Morgan fingerprint density at radius 1 is 1.20 bits per heavy atom. The van der Waals surface area contributed by atoms with E-state index < -0.39 is 23.2 Å². The van der Waals surface area contributed by atoms with Gasteiger partial charge in [0, 0.05) is 15.2 Å². The van der Waals surface area contributed by atoms with Gasteiger partial charge < -0.3 is 11.1 Å². The monoisotopic (exact) mass is 360 g/mol. The predicted octanol–water partition coefficient (Wildman–Crippen LogP) is 4.22. The second-order valence-electron chi connectivity index (χ2n) is 3.93. The van der Waals surface area contributed by atoms with Gasteiger partial charge in [-0.05, 0) is 30.3 Å². The van der Waals surface area contributed by atoms with Crippen LogP contribution in [0.15, 0.2) is 34.8 Å².